The summed E-state index contributed by atoms with van der Waals surface area (Å²) < 4.78 is 0. The number of carbonyl (C=O) groups is 1. The lowest BCUT2D eigenvalue weighted by atomic mass is 9.92. The van der Waals surface area contributed by atoms with Gasteiger partial charge in [0.25, 0.3) is 0 Å². The molecule has 2 aromatic rings. The lowest BCUT2D eigenvalue weighted by Gasteiger charge is -2.27. The Kier molecular flexibility index (Phi) is 5.78. The number of benzene rings is 1. The Bertz CT molecular complexity index is 769. The number of nitrogens with one attached hydrogen (secondary N) is 1. The van der Waals surface area contributed by atoms with Crippen molar-refractivity contribution in [3.05, 3.63) is 47.8 Å². The summed E-state index contributed by atoms with van der Waals surface area (Å²) in [4.78, 5) is 24.3. The zero-order valence-electron chi connectivity index (χ0n) is 15.9. The van der Waals surface area contributed by atoms with Crippen LogP contribution in [-0.4, -0.2) is 40.4 Å². The first-order valence-corrected chi connectivity index (χ1v) is 10.2. The molecule has 5 nitrogen and oxygen atoms in total. The molecule has 0 spiro atoms. The van der Waals surface area contributed by atoms with Crippen molar-refractivity contribution in [3.8, 4) is 11.4 Å². The summed E-state index contributed by atoms with van der Waals surface area (Å²) in [7, 11) is 0. The van der Waals surface area contributed by atoms with Crippen molar-refractivity contribution in [2.75, 3.05) is 19.6 Å². The standard InChI is InChI=1S/C22H28N4O/c27-21(16-26-13-6-1-2-7-14-26)24-19-11-8-12-20-18(19)15-23-22(25-20)17-9-4-3-5-10-17/h3-5,9-10,15,19H,1-2,6-8,11-14,16H2,(H,24,27)/t19-/m0/s1. The number of hydrogen-bond acceptors (Lipinski definition) is 4. The molecular formula is C22H28N4O. The first-order chi connectivity index (χ1) is 13.3. The monoisotopic (exact) mass is 364 g/mol. The van der Waals surface area contributed by atoms with Crippen LogP contribution >= 0.6 is 0 Å². The third kappa shape index (κ3) is 4.53. The van der Waals surface area contributed by atoms with Crippen molar-refractivity contribution in [1.82, 2.24) is 20.2 Å². The van der Waals surface area contributed by atoms with Crippen LogP contribution in [0, 0.1) is 0 Å². The molecule has 1 aromatic heterocycles. The number of hydrogen-bond donors (Lipinski definition) is 1. The van der Waals surface area contributed by atoms with E-state index in [0.717, 1.165) is 55.0 Å². The Morgan fingerprint density at radius 2 is 1.85 bits per heavy atom. The van der Waals surface area contributed by atoms with Crippen LogP contribution in [0.1, 0.15) is 55.8 Å². The second kappa shape index (κ2) is 8.61. The molecule has 1 N–H and O–H groups in total. The molecule has 4 rings (SSSR count). The Hall–Kier alpha value is -2.27. The smallest absolute Gasteiger partial charge is 0.234 e. The summed E-state index contributed by atoms with van der Waals surface area (Å²) in [5, 5.41) is 3.24. The Balaban J connectivity index is 1.44. The number of nitrogens with zero attached hydrogens (tertiary/aromatic N) is 3. The molecule has 0 saturated carbocycles. The van der Waals surface area contributed by atoms with Crippen molar-refractivity contribution < 1.29 is 4.79 Å². The van der Waals surface area contributed by atoms with E-state index in [9.17, 15) is 4.79 Å². The molecular weight excluding hydrogens is 336 g/mol. The molecule has 5 heteroatoms. The maximum Gasteiger partial charge on any atom is 0.234 e. The minimum atomic E-state index is 0.0399. The van der Waals surface area contributed by atoms with Crippen molar-refractivity contribution in [1.29, 1.82) is 0 Å². The summed E-state index contributed by atoms with van der Waals surface area (Å²) in [6.45, 7) is 2.59. The van der Waals surface area contributed by atoms with Gasteiger partial charge in [-0.05, 0) is 45.2 Å². The quantitative estimate of drug-likeness (QED) is 0.902. The highest BCUT2D eigenvalue weighted by Gasteiger charge is 2.24. The van der Waals surface area contributed by atoms with E-state index in [4.69, 9.17) is 4.98 Å². The maximum atomic E-state index is 12.6. The molecule has 1 aliphatic heterocycles. The van der Waals surface area contributed by atoms with E-state index >= 15 is 0 Å². The van der Waals surface area contributed by atoms with E-state index in [-0.39, 0.29) is 11.9 Å². The molecule has 2 heterocycles. The summed E-state index contributed by atoms with van der Waals surface area (Å²) in [6, 6.07) is 10.1. The number of fused-ring (bicyclic) bond motifs is 1. The van der Waals surface area contributed by atoms with E-state index in [2.05, 4.69) is 15.2 Å². The summed E-state index contributed by atoms with van der Waals surface area (Å²) >= 11 is 0. The van der Waals surface area contributed by atoms with Gasteiger partial charge >= 0.3 is 0 Å². The summed E-state index contributed by atoms with van der Waals surface area (Å²) in [5.41, 5.74) is 3.20. The second-order valence-electron chi connectivity index (χ2n) is 7.66. The number of likely N-dealkylation sites (tertiary alicyclic amines) is 1. The predicted molar refractivity (Wildman–Crippen MR) is 106 cm³/mol. The van der Waals surface area contributed by atoms with Crippen LogP contribution in [0.4, 0.5) is 0 Å². The molecule has 1 amide bonds. The fourth-order valence-corrected chi connectivity index (χ4v) is 4.16. The van der Waals surface area contributed by atoms with E-state index < -0.39 is 0 Å². The molecule has 1 fully saturated rings. The molecule has 27 heavy (non-hydrogen) atoms. The van der Waals surface area contributed by atoms with Crippen LogP contribution in [0.3, 0.4) is 0 Å². The van der Waals surface area contributed by atoms with Crippen molar-refractivity contribution >= 4 is 5.91 Å². The molecule has 1 saturated heterocycles. The van der Waals surface area contributed by atoms with Gasteiger partial charge in [0.05, 0.1) is 12.6 Å². The number of aromatic nitrogens is 2. The Morgan fingerprint density at radius 3 is 2.63 bits per heavy atom. The van der Waals surface area contributed by atoms with Gasteiger partial charge in [0.1, 0.15) is 0 Å². The van der Waals surface area contributed by atoms with Gasteiger partial charge < -0.3 is 5.32 Å². The van der Waals surface area contributed by atoms with Gasteiger partial charge in [-0.15, -0.1) is 0 Å². The Labute approximate surface area is 161 Å². The number of carbonyl (C=O) groups excluding carboxylic acids is 1. The van der Waals surface area contributed by atoms with Crippen molar-refractivity contribution in [2.45, 2.75) is 51.0 Å². The molecule has 0 bridgehead atoms. The Morgan fingerprint density at radius 1 is 1.07 bits per heavy atom. The molecule has 142 valence electrons. The largest absolute Gasteiger partial charge is 0.348 e. The van der Waals surface area contributed by atoms with Crippen molar-refractivity contribution in [2.24, 2.45) is 0 Å². The highest BCUT2D eigenvalue weighted by atomic mass is 16.2. The van der Waals surface area contributed by atoms with Gasteiger partial charge in [0.2, 0.25) is 5.91 Å². The van der Waals surface area contributed by atoms with E-state index in [1.807, 2.05) is 36.5 Å². The minimum absolute atomic E-state index is 0.0399. The maximum absolute atomic E-state index is 12.6. The van der Waals surface area contributed by atoms with Gasteiger partial charge in [-0.3, -0.25) is 9.69 Å². The topological polar surface area (TPSA) is 58.1 Å². The first-order valence-electron chi connectivity index (χ1n) is 10.2. The van der Waals surface area contributed by atoms with Crippen LogP contribution in [0.25, 0.3) is 11.4 Å². The zero-order chi connectivity index (χ0) is 18.5. The molecule has 1 aromatic carbocycles. The van der Waals surface area contributed by atoms with Crippen LogP contribution in [0.5, 0.6) is 0 Å². The number of rotatable bonds is 4. The molecule has 0 unspecified atom stereocenters. The zero-order valence-corrected chi connectivity index (χ0v) is 15.9. The van der Waals surface area contributed by atoms with E-state index in [1.54, 1.807) is 0 Å². The summed E-state index contributed by atoms with van der Waals surface area (Å²) in [5.74, 6) is 0.896. The molecule has 0 radical (unpaired) electrons. The fourth-order valence-electron chi connectivity index (χ4n) is 4.16. The highest BCUT2D eigenvalue weighted by Crippen LogP contribution is 2.29. The average molecular weight is 364 g/mol. The summed E-state index contributed by atoms with van der Waals surface area (Å²) in [6.07, 6.45) is 9.87. The predicted octanol–water partition coefficient (Wildman–Crippen LogP) is 3.51. The van der Waals surface area contributed by atoms with E-state index in [1.165, 1.54) is 25.7 Å². The van der Waals surface area contributed by atoms with Gasteiger partial charge in [-0.1, -0.05) is 43.2 Å². The van der Waals surface area contributed by atoms with Gasteiger partial charge in [0.15, 0.2) is 5.82 Å². The van der Waals surface area contributed by atoms with Crippen LogP contribution in [0.15, 0.2) is 36.5 Å². The molecule has 2 aliphatic rings. The molecule has 1 atom stereocenters. The van der Waals surface area contributed by atoms with Crippen LogP contribution < -0.4 is 5.32 Å². The minimum Gasteiger partial charge on any atom is -0.348 e. The SMILES string of the molecule is O=C(CN1CCCCCC1)N[C@H]1CCCc2nc(-c3ccccc3)ncc21. The van der Waals surface area contributed by atoms with Gasteiger partial charge in [-0.25, -0.2) is 9.97 Å². The number of aryl methyl sites for hydroxylation is 1. The third-order valence-electron chi connectivity index (χ3n) is 5.61. The van der Waals surface area contributed by atoms with Gasteiger partial charge in [0, 0.05) is 23.0 Å². The normalized spacial score (nSPS) is 20.5. The second-order valence-corrected chi connectivity index (χ2v) is 7.66. The lowest BCUT2D eigenvalue weighted by molar-refractivity contribution is -0.123. The lowest BCUT2D eigenvalue weighted by Crippen LogP contribution is -2.40. The first kappa shape index (κ1) is 18.1. The van der Waals surface area contributed by atoms with Crippen LogP contribution in [-0.2, 0) is 11.2 Å². The third-order valence-corrected chi connectivity index (χ3v) is 5.61. The average Bonchev–Trinajstić information content (AvgIpc) is 2.97. The number of amides is 1. The van der Waals surface area contributed by atoms with Crippen LogP contribution in [0.2, 0.25) is 0 Å². The van der Waals surface area contributed by atoms with Crippen molar-refractivity contribution in [3.63, 3.8) is 0 Å². The molecule has 1 aliphatic carbocycles. The fraction of sp³-hybridized carbons (Fsp3) is 0.500. The highest BCUT2D eigenvalue weighted by molar-refractivity contribution is 5.78. The van der Waals surface area contributed by atoms with Gasteiger partial charge in [-0.2, -0.15) is 0 Å². The van der Waals surface area contributed by atoms with E-state index in [0.29, 0.717) is 6.54 Å².